The number of benzene rings is 1. The third-order valence-electron chi connectivity index (χ3n) is 3.05. The Kier molecular flexibility index (Phi) is 3.34. The molecule has 0 atom stereocenters. The van der Waals surface area contributed by atoms with Crippen molar-refractivity contribution in [1.82, 2.24) is 24.7 Å². The van der Waals surface area contributed by atoms with Crippen LogP contribution in [0.2, 0.25) is 0 Å². The predicted molar refractivity (Wildman–Crippen MR) is 79.4 cm³/mol. The van der Waals surface area contributed by atoms with Gasteiger partial charge in [0.2, 0.25) is 0 Å². The van der Waals surface area contributed by atoms with Gasteiger partial charge in [-0.2, -0.15) is 14.9 Å². The fraction of sp³-hybridized carbons (Fsp3) is 0.143. The topological polar surface area (TPSA) is 101 Å². The molecular weight excluding hydrogens is 284 g/mol. The largest absolute Gasteiger partial charge is 0.508 e. The second-order valence-corrected chi connectivity index (χ2v) is 4.80. The molecule has 2 N–H and O–H groups in total. The maximum Gasteiger partial charge on any atom is 0.273 e. The van der Waals surface area contributed by atoms with Crippen molar-refractivity contribution in [2.45, 2.75) is 13.8 Å². The SMILES string of the molecule is Cc1cc(C)n(-c2nncn2N=Cc2ccc(O)cc2O)n1. The Hall–Kier alpha value is -3.16. The maximum atomic E-state index is 9.74. The molecular formula is C14H14N6O2. The van der Waals surface area contributed by atoms with Crippen molar-refractivity contribution < 1.29 is 10.2 Å². The number of nitrogens with zero attached hydrogens (tertiary/aromatic N) is 6. The van der Waals surface area contributed by atoms with E-state index in [4.69, 9.17) is 0 Å². The second-order valence-electron chi connectivity index (χ2n) is 4.80. The number of hydrogen-bond donors (Lipinski definition) is 2. The highest BCUT2D eigenvalue weighted by Gasteiger charge is 2.10. The van der Waals surface area contributed by atoms with Crippen LogP contribution in [0.4, 0.5) is 0 Å². The van der Waals surface area contributed by atoms with Gasteiger partial charge in [-0.15, -0.1) is 10.2 Å². The number of aryl methyl sites for hydroxylation is 2. The number of aromatic hydroxyl groups is 2. The smallest absolute Gasteiger partial charge is 0.273 e. The fourth-order valence-electron chi connectivity index (χ4n) is 2.04. The van der Waals surface area contributed by atoms with E-state index in [1.165, 1.54) is 29.4 Å². The highest BCUT2D eigenvalue weighted by molar-refractivity contribution is 5.83. The van der Waals surface area contributed by atoms with E-state index in [2.05, 4.69) is 20.4 Å². The van der Waals surface area contributed by atoms with Gasteiger partial charge in [-0.3, -0.25) is 0 Å². The van der Waals surface area contributed by atoms with Crippen molar-refractivity contribution in [3.05, 3.63) is 47.5 Å². The van der Waals surface area contributed by atoms with Gasteiger partial charge in [0.25, 0.3) is 5.95 Å². The van der Waals surface area contributed by atoms with Gasteiger partial charge >= 0.3 is 0 Å². The number of phenolic OH excluding ortho intramolecular Hbond substituents is 2. The van der Waals surface area contributed by atoms with E-state index in [-0.39, 0.29) is 11.5 Å². The summed E-state index contributed by atoms with van der Waals surface area (Å²) in [6.07, 6.45) is 2.90. The lowest BCUT2D eigenvalue weighted by Gasteiger charge is -2.03. The van der Waals surface area contributed by atoms with Crippen LogP contribution in [-0.4, -0.2) is 41.1 Å². The summed E-state index contributed by atoms with van der Waals surface area (Å²) < 4.78 is 3.09. The molecule has 1 aromatic carbocycles. The molecule has 3 aromatic rings. The summed E-state index contributed by atoms with van der Waals surface area (Å²) in [5.74, 6) is 0.367. The maximum absolute atomic E-state index is 9.74. The van der Waals surface area contributed by atoms with E-state index >= 15 is 0 Å². The molecule has 0 aliphatic carbocycles. The van der Waals surface area contributed by atoms with Gasteiger partial charge in [-0.1, -0.05) is 0 Å². The summed E-state index contributed by atoms with van der Waals surface area (Å²) >= 11 is 0. The molecule has 22 heavy (non-hydrogen) atoms. The van der Waals surface area contributed by atoms with Crippen LogP contribution in [-0.2, 0) is 0 Å². The fourth-order valence-corrected chi connectivity index (χ4v) is 2.04. The Bertz CT molecular complexity index is 849. The monoisotopic (exact) mass is 298 g/mol. The van der Waals surface area contributed by atoms with Gasteiger partial charge in [-0.25, -0.2) is 4.68 Å². The van der Waals surface area contributed by atoms with Crippen molar-refractivity contribution in [3.8, 4) is 17.4 Å². The van der Waals surface area contributed by atoms with Crippen LogP contribution in [0.25, 0.3) is 5.95 Å². The quantitative estimate of drug-likeness (QED) is 0.711. The zero-order chi connectivity index (χ0) is 15.7. The van der Waals surface area contributed by atoms with Crippen molar-refractivity contribution in [1.29, 1.82) is 0 Å². The summed E-state index contributed by atoms with van der Waals surface area (Å²) in [6.45, 7) is 3.80. The molecule has 0 bridgehead atoms. The Morgan fingerprint density at radius 1 is 1.18 bits per heavy atom. The molecule has 0 aliphatic heterocycles. The van der Waals surface area contributed by atoms with Gasteiger partial charge in [0.1, 0.15) is 17.8 Å². The first kappa shape index (κ1) is 13.8. The molecule has 8 heteroatoms. The van der Waals surface area contributed by atoms with E-state index in [0.29, 0.717) is 11.5 Å². The van der Waals surface area contributed by atoms with Crippen molar-refractivity contribution in [3.63, 3.8) is 0 Å². The van der Waals surface area contributed by atoms with Crippen LogP contribution >= 0.6 is 0 Å². The molecule has 8 nitrogen and oxygen atoms in total. The standard InChI is InChI=1S/C14H14N6O2/c1-9-5-10(2)20(18-9)14-17-15-8-19(14)16-7-11-3-4-12(21)6-13(11)22/h3-8,21-22H,1-2H3. The van der Waals surface area contributed by atoms with Crippen molar-refractivity contribution in [2.24, 2.45) is 5.10 Å². The summed E-state index contributed by atoms with van der Waals surface area (Å²) in [4.78, 5) is 0. The van der Waals surface area contributed by atoms with Crippen LogP contribution in [0.5, 0.6) is 11.5 Å². The number of hydrogen-bond acceptors (Lipinski definition) is 6. The first-order valence-corrected chi connectivity index (χ1v) is 6.54. The Morgan fingerprint density at radius 2 is 2.00 bits per heavy atom. The lowest BCUT2D eigenvalue weighted by Crippen LogP contribution is -2.06. The highest BCUT2D eigenvalue weighted by atomic mass is 16.3. The van der Waals surface area contributed by atoms with Gasteiger partial charge in [-0.05, 0) is 32.0 Å². The van der Waals surface area contributed by atoms with Crippen LogP contribution in [0.15, 0.2) is 35.7 Å². The summed E-state index contributed by atoms with van der Waals surface area (Å²) in [6, 6.07) is 6.20. The Morgan fingerprint density at radius 3 is 2.68 bits per heavy atom. The molecule has 0 spiro atoms. The van der Waals surface area contributed by atoms with Crippen molar-refractivity contribution in [2.75, 3.05) is 0 Å². The zero-order valence-corrected chi connectivity index (χ0v) is 12.0. The normalized spacial score (nSPS) is 11.4. The third-order valence-corrected chi connectivity index (χ3v) is 3.05. The zero-order valence-electron chi connectivity index (χ0n) is 12.0. The van der Waals surface area contributed by atoms with E-state index in [9.17, 15) is 10.2 Å². The number of phenols is 2. The lowest BCUT2D eigenvalue weighted by molar-refractivity contribution is 0.450. The molecule has 2 heterocycles. The lowest BCUT2D eigenvalue weighted by atomic mass is 10.2. The van der Waals surface area contributed by atoms with Crippen molar-refractivity contribution >= 4 is 6.21 Å². The Balaban J connectivity index is 1.96. The summed E-state index contributed by atoms with van der Waals surface area (Å²) in [5, 5.41) is 35.4. The molecule has 0 aliphatic rings. The van der Waals surface area contributed by atoms with Gasteiger partial charge < -0.3 is 10.2 Å². The van der Waals surface area contributed by atoms with E-state index < -0.39 is 0 Å². The molecule has 112 valence electrons. The van der Waals surface area contributed by atoms with Gasteiger partial charge in [0.05, 0.1) is 11.9 Å². The molecule has 0 amide bonds. The molecule has 0 saturated carbocycles. The average molecular weight is 298 g/mol. The average Bonchev–Trinajstić information content (AvgIpc) is 3.03. The number of rotatable bonds is 3. The minimum atomic E-state index is -0.0653. The highest BCUT2D eigenvalue weighted by Crippen LogP contribution is 2.21. The van der Waals surface area contributed by atoms with E-state index in [1.54, 1.807) is 10.7 Å². The van der Waals surface area contributed by atoms with Crippen LogP contribution < -0.4 is 0 Å². The first-order chi connectivity index (χ1) is 10.5. The van der Waals surface area contributed by atoms with Gasteiger partial charge in [0.15, 0.2) is 0 Å². The third kappa shape index (κ3) is 2.53. The molecule has 3 rings (SSSR count). The molecule has 0 radical (unpaired) electrons. The molecule has 0 unspecified atom stereocenters. The molecule has 2 aromatic heterocycles. The molecule has 0 fully saturated rings. The van der Waals surface area contributed by atoms with E-state index in [1.807, 2.05) is 19.9 Å². The van der Waals surface area contributed by atoms with Crippen LogP contribution in [0.1, 0.15) is 17.0 Å². The summed E-state index contributed by atoms with van der Waals surface area (Å²) in [5.41, 5.74) is 2.24. The molecule has 0 saturated heterocycles. The predicted octanol–water partition coefficient (Wildman–Crippen LogP) is 1.37. The number of aromatic nitrogens is 5. The van der Waals surface area contributed by atoms with E-state index in [0.717, 1.165) is 11.4 Å². The second kappa shape index (κ2) is 5.32. The minimum Gasteiger partial charge on any atom is -0.508 e. The first-order valence-electron chi connectivity index (χ1n) is 6.54. The summed E-state index contributed by atoms with van der Waals surface area (Å²) in [7, 11) is 0. The minimum absolute atomic E-state index is 0.0118. The van der Waals surface area contributed by atoms with Crippen LogP contribution in [0, 0.1) is 13.8 Å². The Labute approximate surface area is 126 Å². The van der Waals surface area contributed by atoms with Crippen LogP contribution in [0.3, 0.4) is 0 Å². The van der Waals surface area contributed by atoms with Gasteiger partial charge in [0, 0.05) is 17.3 Å².